The number of hydrogen-bond acceptors (Lipinski definition) is 3. The minimum absolute atomic E-state index is 0.201. The number of benzene rings is 1. The molecule has 0 fully saturated rings. The number of hydrogen-bond donors (Lipinski definition) is 0. The second kappa shape index (κ2) is 9.37. The maximum atomic E-state index is 11.9. The van der Waals surface area contributed by atoms with Gasteiger partial charge in [0.05, 0.1) is 0 Å². The molecule has 0 amide bonds. The van der Waals surface area contributed by atoms with E-state index in [-0.39, 0.29) is 4.90 Å². The average Bonchev–Trinajstić information content (AvgIpc) is 2.42. The van der Waals surface area contributed by atoms with E-state index in [1.807, 2.05) is 6.92 Å². The molecule has 0 spiro atoms. The van der Waals surface area contributed by atoms with E-state index in [1.54, 1.807) is 24.3 Å². The molecule has 0 bridgehead atoms. The Hall–Kier alpha value is -0.580. The summed E-state index contributed by atoms with van der Waals surface area (Å²) in [5.74, 6) is 2.99. The van der Waals surface area contributed by atoms with Crippen molar-refractivity contribution in [3.63, 3.8) is 0 Å². The standard InChI is InChI=1S/C15H20IO3S/c1-3-4-5-6-7-8-13-16-19-20(17,18)15-11-9-14(2)10-12-15/h9-12H,3-7H2,1-2H3/q-1. The Labute approximate surface area is 133 Å². The van der Waals surface area contributed by atoms with Gasteiger partial charge < -0.3 is 0 Å². The van der Waals surface area contributed by atoms with Gasteiger partial charge in [0.1, 0.15) is 0 Å². The quantitative estimate of drug-likeness (QED) is 0.379. The van der Waals surface area contributed by atoms with Gasteiger partial charge in [0.2, 0.25) is 0 Å². The molecule has 0 aliphatic heterocycles. The summed E-state index contributed by atoms with van der Waals surface area (Å²) >= 11 is -1.07. The predicted octanol–water partition coefficient (Wildman–Crippen LogP) is 0.636. The first-order valence-corrected chi connectivity index (χ1v) is 10.0. The maximum absolute atomic E-state index is 11.9. The first-order chi connectivity index (χ1) is 9.56. The zero-order chi connectivity index (χ0) is 14.8. The van der Waals surface area contributed by atoms with Crippen LogP contribution < -0.4 is 21.6 Å². The van der Waals surface area contributed by atoms with Crippen LogP contribution in [0.1, 0.15) is 44.6 Å². The van der Waals surface area contributed by atoms with Crippen LogP contribution in [-0.2, 0) is 12.6 Å². The van der Waals surface area contributed by atoms with E-state index in [0.29, 0.717) is 0 Å². The molecule has 0 aromatic heterocycles. The third-order valence-corrected chi connectivity index (χ3v) is 6.32. The molecule has 1 rings (SSSR count). The molecule has 0 saturated heterocycles. The molecule has 5 heteroatoms. The average molecular weight is 407 g/mol. The fourth-order valence-electron chi connectivity index (χ4n) is 1.51. The summed E-state index contributed by atoms with van der Waals surface area (Å²) in [6.45, 7) is 4.08. The Kier molecular flexibility index (Phi) is 8.19. The van der Waals surface area contributed by atoms with Crippen molar-refractivity contribution in [3.05, 3.63) is 29.8 Å². The van der Waals surface area contributed by atoms with Crippen molar-refractivity contribution in [3.8, 4) is 9.85 Å². The third kappa shape index (κ3) is 6.73. The van der Waals surface area contributed by atoms with Gasteiger partial charge in [0.25, 0.3) is 0 Å². The van der Waals surface area contributed by atoms with Gasteiger partial charge in [-0.15, -0.1) is 0 Å². The number of rotatable bonds is 7. The first-order valence-electron chi connectivity index (χ1n) is 6.68. The van der Waals surface area contributed by atoms with E-state index in [9.17, 15) is 8.42 Å². The molecule has 20 heavy (non-hydrogen) atoms. The second-order valence-corrected chi connectivity index (χ2v) is 8.05. The van der Waals surface area contributed by atoms with Gasteiger partial charge in [-0.3, -0.25) is 0 Å². The van der Waals surface area contributed by atoms with Crippen LogP contribution in [0.5, 0.6) is 0 Å². The van der Waals surface area contributed by atoms with Crippen molar-refractivity contribution in [2.45, 2.75) is 50.8 Å². The van der Waals surface area contributed by atoms with Gasteiger partial charge in [0.15, 0.2) is 0 Å². The van der Waals surface area contributed by atoms with Crippen molar-refractivity contribution in [1.82, 2.24) is 0 Å². The number of halogens is 1. The summed E-state index contributed by atoms with van der Waals surface area (Å²) in [5, 5.41) is 0. The van der Waals surface area contributed by atoms with Crippen molar-refractivity contribution >= 4 is 10.1 Å². The normalized spacial score (nSPS) is 11.1. The van der Waals surface area contributed by atoms with Crippen LogP contribution >= 0.6 is 0 Å². The molecule has 112 valence electrons. The van der Waals surface area contributed by atoms with Crippen LogP contribution in [0.2, 0.25) is 0 Å². The molecule has 0 atom stereocenters. The zero-order valence-corrected chi connectivity index (χ0v) is 14.8. The molecule has 0 unspecified atom stereocenters. The van der Waals surface area contributed by atoms with E-state index in [0.717, 1.165) is 18.4 Å². The fourth-order valence-corrected chi connectivity index (χ4v) is 4.20. The molecule has 0 radical (unpaired) electrons. The van der Waals surface area contributed by atoms with Crippen LogP contribution in [0, 0.1) is 16.8 Å². The van der Waals surface area contributed by atoms with Crippen molar-refractivity contribution in [2.24, 2.45) is 0 Å². The Balaban J connectivity index is 2.37. The van der Waals surface area contributed by atoms with Gasteiger partial charge in [-0.05, 0) is 0 Å². The monoisotopic (exact) mass is 407 g/mol. The molecule has 0 heterocycles. The Bertz CT molecular complexity index is 553. The van der Waals surface area contributed by atoms with Crippen LogP contribution in [-0.4, -0.2) is 8.42 Å². The summed E-state index contributed by atoms with van der Waals surface area (Å²) in [4.78, 5) is 0.201. The number of unbranched alkanes of at least 4 members (excludes halogenated alkanes) is 4. The predicted molar refractivity (Wildman–Crippen MR) is 76.0 cm³/mol. The van der Waals surface area contributed by atoms with Crippen LogP contribution in [0.15, 0.2) is 29.2 Å². The van der Waals surface area contributed by atoms with Crippen LogP contribution in [0.25, 0.3) is 0 Å². The van der Waals surface area contributed by atoms with Crippen LogP contribution in [0.3, 0.4) is 0 Å². The van der Waals surface area contributed by atoms with Crippen molar-refractivity contribution in [1.29, 1.82) is 0 Å². The van der Waals surface area contributed by atoms with Gasteiger partial charge >= 0.3 is 133 Å². The van der Waals surface area contributed by atoms with E-state index >= 15 is 0 Å². The van der Waals surface area contributed by atoms with Gasteiger partial charge in [-0.1, -0.05) is 0 Å². The second-order valence-electron chi connectivity index (χ2n) is 4.49. The molecule has 0 aliphatic carbocycles. The van der Waals surface area contributed by atoms with E-state index in [1.165, 1.54) is 19.3 Å². The third-order valence-electron chi connectivity index (χ3n) is 2.68. The van der Waals surface area contributed by atoms with E-state index < -0.39 is 31.7 Å². The Morgan fingerprint density at radius 1 is 1.15 bits per heavy atom. The minimum atomic E-state index is -3.63. The van der Waals surface area contributed by atoms with Gasteiger partial charge in [0, 0.05) is 0 Å². The molecular formula is C15H20IO3S-. The first kappa shape index (κ1) is 17.5. The zero-order valence-electron chi connectivity index (χ0n) is 11.9. The number of aryl methyl sites for hydroxylation is 1. The molecule has 0 saturated carbocycles. The summed E-state index contributed by atoms with van der Waals surface area (Å²) in [6, 6.07) is 6.64. The molecule has 3 nitrogen and oxygen atoms in total. The Morgan fingerprint density at radius 3 is 2.50 bits per heavy atom. The fraction of sp³-hybridized carbons (Fsp3) is 0.467. The topological polar surface area (TPSA) is 43.4 Å². The van der Waals surface area contributed by atoms with Gasteiger partial charge in [-0.2, -0.15) is 0 Å². The Morgan fingerprint density at radius 2 is 1.85 bits per heavy atom. The molecular weight excluding hydrogens is 387 g/mol. The molecule has 1 aromatic carbocycles. The van der Waals surface area contributed by atoms with Crippen molar-refractivity contribution in [2.75, 3.05) is 0 Å². The summed E-state index contributed by atoms with van der Waals surface area (Å²) in [7, 11) is -3.63. The summed E-state index contributed by atoms with van der Waals surface area (Å²) in [5.41, 5.74) is 1.02. The molecule has 0 N–H and O–H groups in total. The SMILES string of the molecule is CCCCCCC#C[I-]OS(=O)(=O)c1ccc(C)cc1. The van der Waals surface area contributed by atoms with E-state index in [2.05, 4.69) is 16.8 Å². The summed E-state index contributed by atoms with van der Waals surface area (Å²) < 4.78 is 31.6. The van der Waals surface area contributed by atoms with Crippen LogP contribution in [0.4, 0.5) is 0 Å². The van der Waals surface area contributed by atoms with Gasteiger partial charge in [-0.25, -0.2) is 0 Å². The molecule has 0 aliphatic rings. The van der Waals surface area contributed by atoms with E-state index in [4.69, 9.17) is 2.51 Å². The van der Waals surface area contributed by atoms with Crippen molar-refractivity contribution < 1.29 is 32.6 Å². The summed E-state index contributed by atoms with van der Waals surface area (Å²) in [6.07, 6.45) is 5.53. The molecule has 1 aromatic rings.